The molecule has 1 aromatic heterocycles. The fourth-order valence-electron chi connectivity index (χ4n) is 2.03. The van der Waals surface area contributed by atoms with Crippen LogP contribution in [0.3, 0.4) is 0 Å². The van der Waals surface area contributed by atoms with E-state index in [9.17, 15) is 4.79 Å². The maximum atomic E-state index is 10.7. The van der Waals surface area contributed by atoms with Crippen LogP contribution in [0.4, 0.5) is 0 Å². The third-order valence-corrected chi connectivity index (χ3v) is 2.80. The monoisotopic (exact) mass is 191 g/mol. The normalized spacial score (nSPS) is 17.1. The topological polar surface area (TPSA) is 50.2 Å². The van der Waals surface area contributed by atoms with Gasteiger partial charge in [-0.1, -0.05) is 12.8 Å². The van der Waals surface area contributed by atoms with Crippen molar-refractivity contribution in [2.45, 2.75) is 31.6 Å². The van der Waals surface area contributed by atoms with Gasteiger partial charge in [-0.25, -0.2) is 4.79 Å². The zero-order valence-electron chi connectivity index (χ0n) is 7.94. The number of nitrogens with zero attached hydrogens (tertiary/aromatic N) is 1. The SMILES string of the molecule is O=C(O)c1ccnc(C2CCCC2)c1. The lowest BCUT2D eigenvalue weighted by molar-refractivity contribution is 0.0696. The first-order valence-corrected chi connectivity index (χ1v) is 4.96. The van der Waals surface area contributed by atoms with Crippen molar-refractivity contribution in [2.75, 3.05) is 0 Å². The summed E-state index contributed by atoms with van der Waals surface area (Å²) >= 11 is 0. The molecule has 1 N–H and O–H groups in total. The molecule has 3 heteroatoms. The molecular weight excluding hydrogens is 178 g/mol. The minimum atomic E-state index is -0.869. The van der Waals surface area contributed by atoms with Crippen LogP contribution < -0.4 is 0 Å². The number of aromatic nitrogens is 1. The second kappa shape index (κ2) is 3.78. The highest BCUT2D eigenvalue weighted by Gasteiger charge is 2.19. The van der Waals surface area contributed by atoms with Crippen LogP contribution in [-0.4, -0.2) is 16.1 Å². The quantitative estimate of drug-likeness (QED) is 0.781. The molecule has 0 aliphatic heterocycles. The number of carboxylic acids is 1. The van der Waals surface area contributed by atoms with E-state index in [1.807, 2.05) is 0 Å². The first kappa shape index (κ1) is 9.19. The predicted octanol–water partition coefficient (Wildman–Crippen LogP) is 2.44. The van der Waals surface area contributed by atoms with Gasteiger partial charge in [-0.05, 0) is 25.0 Å². The van der Waals surface area contributed by atoms with Gasteiger partial charge in [-0.15, -0.1) is 0 Å². The van der Waals surface area contributed by atoms with Crippen molar-refractivity contribution < 1.29 is 9.90 Å². The summed E-state index contributed by atoms with van der Waals surface area (Å²) < 4.78 is 0. The van der Waals surface area contributed by atoms with Crippen LogP contribution in [0, 0.1) is 0 Å². The molecule has 0 aromatic carbocycles. The largest absolute Gasteiger partial charge is 0.478 e. The van der Waals surface area contributed by atoms with Crippen LogP contribution in [-0.2, 0) is 0 Å². The maximum Gasteiger partial charge on any atom is 0.335 e. The van der Waals surface area contributed by atoms with Gasteiger partial charge in [0.1, 0.15) is 0 Å². The van der Waals surface area contributed by atoms with Gasteiger partial charge in [0.2, 0.25) is 0 Å². The van der Waals surface area contributed by atoms with Crippen molar-refractivity contribution in [2.24, 2.45) is 0 Å². The van der Waals surface area contributed by atoms with Gasteiger partial charge in [-0.2, -0.15) is 0 Å². The zero-order valence-corrected chi connectivity index (χ0v) is 7.94. The van der Waals surface area contributed by atoms with Crippen molar-refractivity contribution in [3.8, 4) is 0 Å². The molecule has 14 heavy (non-hydrogen) atoms. The van der Waals surface area contributed by atoms with Crippen LogP contribution in [0.5, 0.6) is 0 Å². The highest BCUT2D eigenvalue weighted by molar-refractivity contribution is 5.87. The Morgan fingerprint density at radius 1 is 1.43 bits per heavy atom. The number of rotatable bonds is 2. The van der Waals surface area contributed by atoms with Gasteiger partial charge in [0.25, 0.3) is 0 Å². The Morgan fingerprint density at radius 2 is 2.14 bits per heavy atom. The minimum Gasteiger partial charge on any atom is -0.478 e. The van der Waals surface area contributed by atoms with E-state index in [4.69, 9.17) is 5.11 Å². The first-order valence-electron chi connectivity index (χ1n) is 4.96. The fraction of sp³-hybridized carbons (Fsp3) is 0.455. The molecule has 0 radical (unpaired) electrons. The number of carboxylic acid groups (broad SMARTS) is 1. The van der Waals surface area contributed by atoms with Gasteiger partial charge in [0, 0.05) is 17.8 Å². The molecular formula is C11H13NO2. The van der Waals surface area contributed by atoms with E-state index in [0.29, 0.717) is 11.5 Å². The molecule has 0 atom stereocenters. The van der Waals surface area contributed by atoms with Crippen LogP contribution in [0.15, 0.2) is 18.3 Å². The molecule has 1 aliphatic carbocycles. The number of pyridine rings is 1. The summed E-state index contributed by atoms with van der Waals surface area (Å²) in [6.07, 6.45) is 6.37. The molecule has 1 aromatic rings. The molecule has 0 bridgehead atoms. The van der Waals surface area contributed by atoms with Gasteiger partial charge >= 0.3 is 5.97 Å². The Morgan fingerprint density at radius 3 is 2.79 bits per heavy atom. The lowest BCUT2D eigenvalue weighted by Crippen LogP contribution is -2.01. The highest BCUT2D eigenvalue weighted by Crippen LogP contribution is 2.32. The number of hydrogen-bond acceptors (Lipinski definition) is 2. The van der Waals surface area contributed by atoms with E-state index in [2.05, 4.69) is 4.98 Å². The van der Waals surface area contributed by atoms with Crippen LogP contribution in [0.2, 0.25) is 0 Å². The third kappa shape index (κ3) is 1.76. The Bertz CT molecular complexity index is 343. The molecule has 74 valence electrons. The molecule has 3 nitrogen and oxygen atoms in total. The summed E-state index contributed by atoms with van der Waals surface area (Å²) in [5.41, 5.74) is 1.30. The van der Waals surface area contributed by atoms with E-state index in [1.165, 1.54) is 12.8 Å². The van der Waals surface area contributed by atoms with E-state index >= 15 is 0 Å². The fourth-order valence-corrected chi connectivity index (χ4v) is 2.03. The number of hydrogen-bond donors (Lipinski definition) is 1. The van der Waals surface area contributed by atoms with Gasteiger partial charge < -0.3 is 5.11 Å². The van der Waals surface area contributed by atoms with Crippen molar-refractivity contribution in [3.05, 3.63) is 29.6 Å². The van der Waals surface area contributed by atoms with Crippen LogP contribution in [0.1, 0.15) is 47.7 Å². The van der Waals surface area contributed by atoms with Crippen molar-refractivity contribution >= 4 is 5.97 Å². The molecule has 0 unspecified atom stereocenters. The standard InChI is InChI=1S/C11H13NO2/c13-11(14)9-5-6-12-10(7-9)8-3-1-2-4-8/h5-8H,1-4H2,(H,13,14). The summed E-state index contributed by atoms with van der Waals surface area (Å²) in [5.74, 6) is -0.388. The van der Waals surface area contributed by atoms with E-state index < -0.39 is 5.97 Å². The van der Waals surface area contributed by atoms with Crippen molar-refractivity contribution in [3.63, 3.8) is 0 Å². The van der Waals surface area contributed by atoms with E-state index in [-0.39, 0.29) is 0 Å². The Kier molecular flexibility index (Phi) is 2.48. The lowest BCUT2D eigenvalue weighted by Gasteiger charge is -2.08. The Balaban J connectivity index is 2.25. The Labute approximate surface area is 82.8 Å². The van der Waals surface area contributed by atoms with E-state index in [1.54, 1.807) is 18.3 Å². The second-order valence-electron chi connectivity index (χ2n) is 3.76. The molecule has 1 saturated carbocycles. The number of carbonyl (C=O) groups is 1. The molecule has 0 spiro atoms. The summed E-state index contributed by atoms with van der Waals surface area (Å²) in [5, 5.41) is 8.82. The summed E-state index contributed by atoms with van der Waals surface area (Å²) in [6.45, 7) is 0. The smallest absolute Gasteiger partial charge is 0.335 e. The van der Waals surface area contributed by atoms with Crippen molar-refractivity contribution in [1.82, 2.24) is 4.98 Å². The van der Waals surface area contributed by atoms with Gasteiger partial charge in [0.15, 0.2) is 0 Å². The first-order chi connectivity index (χ1) is 6.77. The van der Waals surface area contributed by atoms with Crippen LogP contribution >= 0.6 is 0 Å². The van der Waals surface area contributed by atoms with Crippen molar-refractivity contribution in [1.29, 1.82) is 0 Å². The molecule has 1 fully saturated rings. The summed E-state index contributed by atoms with van der Waals surface area (Å²) in [4.78, 5) is 15.0. The molecule has 1 aliphatic rings. The molecule has 2 rings (SSSR count). The third-order valence-electron chi connectivity index (χ3n) is 2.80. The highest BCUT2D eigenvalue weighted by atomic mass is 16.4. The molecule has 0 amide bonds. The average molecular weight is 191 g/mol. The van der Waals surface area contributed by atoms with E-state index in [0.717, 1.165) is 18.5 Å². The predicted molar refractivity (Wildman–Crippen MR) is 52.4 cm³/mol. The molecule has 0 saturated heterocycles. The van der Waals surface area contributed by atoms with Crippen LogP contribution in [0.25, 0.3) is 0 Å². The molecule has 1 heterocycles. The second-order valence-corrected chi connectivity index (χ2v) is 3.76. The zero-order chi connectivity index (χ0) is 9.97. The summed E-state index contributed by atoms with van der Waals surface area (Å²) in [6, 6.07) is 3.25. The van der Waals surface area contributed by atoms with Gasteiger partial charge in [-0.3, -0.25) is 4.98 Å². The minimum absolute atomic E-state index is 0.349. The average Bonchev–Trinajstić information content (AvgIpc) is 2.71. The van der Waals surface area contributed by atoms with Gasteiger partial charge in [0.05, 0.1) is 5.56 Å². The number of aromatic carboxylic acids is 1. The lowest BCUT2D eigenvalue weighted by atomic mass is 10.0. The summed E-state index contributed by atoms with van der Waals surface area (Å²) in [7, 11) is 0. The Hall–Kier alpha value is -1.38. The maximum absolute atomic E-state index is 10.7.